The van der Waals surface area contributed by atoms with Crippen molar-refractivity contribution in [2.75, 3.05) is 18.6 Å². The number of nitrogens with zero attached hydrogens (tertiary/aromatic N) is 1. The molecular weight excluding hydrogens is 456 g/mol. The van der Waals surface area contributed by atoms with E-state index in [0.717, 1.165) is 11.1 Å². The first-order valence-corrected chi connectivity index (χ1v) is 12.0. The SMILES string of the molecule is CCOc1ccc(N2C(=O)[C@@H]3[C@@H](C2=O)[C@@](C(=O)OC)(c2ccccc2)N[C@H]3c2ccccc2C)cc1. The van der Waals surface area contributed by atoms with E-state index in [9.17, 15) is 14.4 Å². The lowest BCUT2D eigenvalue weighted by Crippen LogP contribution is -2.53. The Morgan fingerprint density at radius 2 is 1.61 bits per heavy atom. The molecule has 3 aromatic rings. The van der Waals surface area contributed by atoms with Crippen LogP contribution in [0.1, 0.15) is 29.7 Å². The van der Waals surface area contributed by atoms with E-state index < -0.39 is 35.3 Å². The fourth-order valence-electron chi connectivity index (χ4n) is 5.66. The molecular formula is C29H28N2O5. The van der Waals surface area contributed by atoms with Crippen molar-refractivity contribution < 1.29 is 23.9 Å². The maximum absolute atomic E-state index is 14.1. The standard InChI is InChI=1S/C29H28N2O5/c1-4-36-21-16-14-20(15-17-21)31-26(32)23-24(27(31)33)29(28(34)35-3,19-11-6-5-7-12-19)30-25(23)22-13-9-8-10-18(22)2/h5-17,23-25,30H,4H2,1-3H3/t23-,24+,25+,29-/m1/s1. The lowest BCUT2D eigenvalue weighted by molar-refractivity contribution is -0.152. The van der Waals surface area contributed by atoms with Crippen LogP contribution in [0, 0.1) is 18.8 Å². The number of esters is 1. The molecule has 0 saturated carbocycles. The zero-order valence-electron chi connectivity index (χ0n) is 20.4. The van der Waals surface area contributed by atoms with E-state index in [-0.39, 0.29) is 5.91 Å². The average Bonchev–Trinajstić information content (AvgIpc) is 3.39. The smallest absolute Gasteiger partial charge is 0.331 e. The van der Waals surface area contributed by atoms with Crippen molar-refractivity contribution >= 4 is 23.5 Å². The van der Waals surface area contributed by atoms with Crippen LogP contribution in [0.5, 0.6) is 5.75 Å². The lowest BCUT2D eigenvalue weighted by atomic mass is 9.75. The van der Waals surface area contributed by atoms with Gasteiger partial charge in [-0.1, -0.05) is 54.6 Å². The summed E-state index contributed by atoms with van der Waals surface area (Å²) in [6.45, 7) is 4.35. The Labute approximate surface area is 210 Å². The first-order valence-electron chi connectivity index (χ1n) is 12.0. The number of carbonyl (C=O) groups is 3. The van der Waals surface area contributed by atoms with Gasteiger partial charge in [-0.3, -0.25) is 14.9 Å². The van der Waals surface area contributed by atoms with Crippen molar-refractivity contribution in [2.45, 2.75) is 25.4 Å². The van der Waals surface area contributed by atoms with Crippen molar-refractivity contribution in [3.63, 3.8) is 0 Å². The number of methoxy groups -OCH3 is 1. The van der Waals surface area contributed by atoms with Gasteiger partial charge >= 0.3 is 5.97 Å². The number of hydrogen-bond acceptors (Lipinski definition) is 6. The van der Waals surface area contributed by atoms with E-state index in [1.165, 1.54) is 12.0 Å². The minimum absolute atomic E-state index is 0.350. The highest BCUT2D eigenvalue weighted by atomic mass is 16.5. The van der Waals surface area contributed by atoms with E-state index in [1.54, 1.807) is 36.4 Å². The van der Waals surface area contributed by atoms with Gasteiger partial charge in [-0.2, -0.15) is 0 Å². The Balaban J connectivity index is 1.69. The third kappa shape index (κ3) is 3.50. The molecule has 5 rings (SSSR count). The predicted molar refractivity (Wildman–Crippen MR) is 134 cm³/mol. The number of amides is 2. The molecule has 0 radical (unpaired) electrons. The summed E-state index contributed by atoms with van der Waals surface area (Å²) < 4.78 is 10.8. The third-order valence-electron chi connectivity index (χ3n) is 7.23. The molecule has 36 heavy (non-hydrogen) atoms. The van der Waals surface area contributed by atoms with E-state index in [4.69, 9.17) is 9.47 Å². The van der Waals surface area contributed by atoms with Gasteiger partial charge in [0, 0.05) is 6.04 Å². The zero-order chi connectivity index (χ0) is 25.4. The summed E-state index contributed by atoms with van der Waals surface area (Å²) in [5, 5.41) is 3.43. The molecule has 0 unspecified atom stereocenters. The van der Waals surface area contributed by atoms with Gasteiger partial charge in [0.2, 0.25) is 11.8 Å². The van der Waals surface area contributed by atoms with Gasteiger partial charge in [0.25, 0.3) is 0 Å². The Hall–Kier alpha value is -3.97. The average molecular weight is 485 g/mol. The highest BCUT2D eigenvalue weighted by Gasteiger charge is 2.69. The van der Waals surface area contributed by atoms with Crippen LogP contribution in [0.25, 0.3) is 0 Å². The van der Waals surface area contributed by atoms with E-state index in [2.05, 4.69) is 5.32 Å². The van der Waals surface area contributed by atoms with Gasteiger partial charge in [0.15, 0.2) is 5.54 Å². The minimum atomic E-state index is -1.53. The first-order chi connectivity index (χ1) is 17.4. The molecule has 184 valence electrons. The van der Waals surface area contributed by atoms with Crippen LogP contribution in [0.2, 0.25) is 0 Å². The van der Waals surface area contributed by atoms with Crippen LogP contribution in [0.4, 0.5) is 5.69 Å². The van der Waals surface area contributed by atoms with Crippen molar-refractivity contribution in [1.29, 1.82) is 0 Å². The number of carbonyl (C=O) groups excluding carboxylic acids is 3. The Kier molecular flexibility index (Phi) is 6.10. The molecule has 0 bridgehead atoms. The molecule has 2 saturated heterocycles. The summed E-state index contributed by atoms with van der Waals surface area (Å²) in [5.41, 5.74) is 1.32. The molecule has 1 N–H and O–H groups in total. The number of imide groups is 1. The van der Waals surface area contributed by atoms with Crippen LogP contribution >= 0.6 is 0 Å². The summed E-state index contributed by atoms with van der Waals surface area (Å²) in [6, 6.07) is 23.0. The van der Waals surface area contributed by atoms with Gasteiger partial charge in [-0.15, -0.1) is 0 Å². The minimum Gasteiger partial charge on any atom is -0.494 e. The molecule has 0 spiro atoms. The number of ether oxygens (including phenoxy) is 2. The van der Waals surface area contributed by atoms with Gasteiger partial charge in [-0.05, 0) is 54.8 Å². The fraction of sp³-hybridized carbons (Fsp3) is 0.276. The number of benzene rings is 3. The number of hydrogen-bond donors (Lipinski definition) is 1. The molecule has 4 atom stereocenters. The second-order valence-electron chi connectivity index (χ2n) is 9.09. The molecule has 7 heteroatoms. The summed E-state index contributed by atoms with van der Waals surface area (Å²) in [7, 11) is 1.30. The molecule has 7 nitrogen and oxygen atoms in total. The largest absolute Gasteiger partial charge is 0.494 e. The number of anilines is 1. The first kappa shape index (κ1) is 23.8. The second kappa shape index (κ2) is 9.24. The maximum Gasteiger partial charge on any atom is 0.331 e. The molecule has 2 heterocycles. The Morgan fingerprint density at radius 1 is 0.944 bits per heavy atom. The number of fused-ring (bicyclic) bond motifs is 1. The zero-order valence-corrected chi connectivity index (χ0v) is 20.4. The quantitative estimate of drug-likeness (QED) is 0.422. The van der Waals surface area contributed by atoms with E-state index in [0.29, 0.717) is 23.6 Å². The highest BCUT2D eigenvalue weighted by molar-refractivity contribution is 6.24. The predicted octanol–water partition coefficient (Wildman–Crippen LogP) is 3.91. The summed E-state index contributed by atoms with van der Waals surface area (Å²) in [6.07, 6.45) is 0. The third-order valence-corrected chi connectivity index (χ3v) is 7.23. The van der Waals surface area contributed by atoms with Gasteiger partial charge in [0.05, 0.1) is 31.2 Å². The maximum atomic E-state index is 14.1. The summed E-state index contributed by atoms with van der Waals surface area (Å²) in [4.78, 5) is 42.9. The van der Waals surface area contributed by atoms with Crippen LogP contribution in [0.3, 0.4) is 0 Å². The molecule has 0 aromatic heterocycles. The normalized spacial score (nSPS) is 25.1. The lowest BCUT2D eigenvalue weighted by Gasteiger charge is -2.33. The molecule has 2 amide bonds. The number of nitrogens with one attached hydrogen (secondary N) is 1. The van der Waals surface area contributed by atoms with Gasteiger partial charge in [0.1, 0.15) is 5.75 Å². The molecule has 2 fully saturated rings. The summed E-state index contributed by atoms with van der Waals surface area (Å²) >= 11 is 0. The van der Waals surface area contributed by atoms with Crippen LogP contribution in [-0.4, -0.2) is 31.5 Å². The molecule has 3 aromatic carbocycles. The van der Waals surface area contributed by atoms with Crippen molar-refractivity contribution in [3.05, 3.63) is 95.6 Å². The van der Waals surface area contributed by atoms with E-state index in [1.807, 2.05) is 56.3 Å². The summed E-state index contributed by atoms with van der Waals surface area (Å²) in [5.74, 6) is -2.54. The number of aryl methyl sites for hydroxylation is 1. The Morgan fingerprint density at radius 3 is 2.25 bits per heavy atom. The molecule has 2 aliphatic rings. The van der Waals surface area contributed by atoms with Crippen LogP contribution < -0.4 is 15.0 Å². The monoisotopic (exact) mass is 484 g/mol. The van der Waals surface area contributed by atoms with Crippen molar-refractivity contribution in [3.8, 4) is 5.75 Å². The van der Waals surface area contributed by atoms with Gasteiger partial charge < -0.3 is 9.47 Å². The highest BCUT2D eigenvalue weighted by Crippen LogP contribution is 2.54. The van der Waals surface area contributed by atoms with Gasteiger partial charge in [-0.25, -0.2) is 9.69 Å². The molecule has 0 aliphatic carbocycles. The van der Waals surface area contributed by atoms with Crippen molar-refractivity contribution in [1.82, 2.24) is 5.32 Å². The second-order valence-corrected chi connectivity index (χ2v) is 9.09. The number of rotatable bonds is 6. The molecule has 2 aliphatic heterocycles. The van der Waals surface area contributed by atoms with Crippen LogP contribution in [0.15, 0.2) is 78.9 Å². The fourth-order valence-corrected chi connectivity index (χ4v) is 5.66. The van der Waals surface area contributed by atoms with Crippen molar-refractivity contribution in [2.24, 2.45) is 11.8 Å². The topological polar surface area (TPSA) is 84.9 Å². The van der Waals surface area contributed by atoms with Crippen LogP contribution in [-0.2, 0) is 24.7 Å². The van der Waals surface area contributed by atoms with E-state index >= 15 is 0 Å². The Bertz CT molecular complexity index is 1310.